The van der Waals surface area contributed by atoms with Crippen LogP contribution in [-0.4, -0.2) is 69.0 Å². The molecule has 2 aliphatic heterocycles. The molecule has 0 aliphatic carbocycles. The number of rotatable bonds is 6. The molecule has 1 amide bonds. The van der Waals surface area contributed by atoms with Crippen LogP contribution in [0.25, 0.3) is 0 Å². The van der Waals surface area contributed by atoms with Crippen molar-refractivity contribution in [1.82, 2.24) is 9.21 Å². The van der Waals surface area contributed by atoms with Crippen LogP contribution in [0.2, 0.25) is 0 Å². The lowest BCUT2D eigenvalue weighted by Gasteiger charge is -2.34. The van der Waals surface area contributed by atoms with Crippen LogP contribution in [0.4, 0.5) is 13.2 Å². The summed E-state index contributed by atoms with van der Waals surface area (Å²) in [7, 11) is -4.37. The molecule has 0 saturated carbocycles. The van der Waals surface area contributed by atoms with Crippen LogP contribution in [0.15, 0.2) is 53.4 Å². The minimum Gasteiger partial charge on any atom is -0.491 e. The fourth-order valence-corrected chi connectivity index (χ4v) is 5.70. The average Bonchev–Trinajstić information content (AvgIpc) is 3.36. The first-order chi connectivity index (χ1) is 16.2. The van der Waals surface area contributed by atoms with Crippen LogP contribution in [0.3, 0.4) is 0 Å². The van der Waals surface area contributed by atoms with Crippen molar-refractivity contribution in [1.29, 1.82) is 0 Å². The van der Waals surface area contributed by atoms with Crippen LogP contribution in [0, 0.1) is 0 Å². The number of ether oxygens (including phenoxy) is 2. The zero-order valence-corrected chi connectivity index (χ0v) is 19.1. The van der Waals surface area contributed by atoms with E-state index in [9.17, 15) is 26.4 Å². The van der Waals surface area contributed by atoms with Gasteiger partial charge in [-0.15, -0.1) is 0 Å². The van der Waals surface area contributed by atoms with Crippen LogP contribution in [0.1, 0.15) is 28.8 Å². The second-order valence-corrected chi connectivity index (χ2v) is 10.1. The van der Waals surface area contributed by atoms with Gasteiger partial charge in [-0.3, -0.25) is 4.79 Å². The molecule has 2 aromatic rings. The third-order valence-corrected chi connectivity index (χ3v) is 7.83. The SMILES string of the molecule is O=C(c1cccc(OC[C@H]2CCCO2)c1)N1CCN(S(=O)(=O)c2ccccc2C(F)(F)F)CC1. The highest BCUT2D eigenvalue weighted by Gasteiger charge is 2.39. The highest BCUT2D eigenvalue weighted by Crippen LogP contribution is 2.35. The van der Waals surface area contributed by atoms with Gasteiger partial charge < -0.3 is 14.4 Å². The van der Waals surface area contributed by atoms with Crippen molar-refractivity contribution in [2.24, 2.45) is 0 Å². The van der Waals surface area contributed by atoms with Gasteiger partial charge in [-0.05, 0) is 43.2 Å². The summed E-state index contributed by atoms with van der Waals surface area (Å²) in [6.07, 6.45) is -2.83. The van der Waals surface area contributed by atoms with Gasteiger partial charge >= 0.3 is 6.18 Å². The van der Waals surface area contributed by atoms with Gasteiger partial charge in [-0.2, -0.15) is 17.5 Å². The Labute approximate surface area is 196 Å². The molecule has 4 rings (SSSR count). The molecule has 7 nitrogen and oxygen atoms in total. The van der Waals surface area contributed by atoms with Crippen molar-refractivity contribution in [3.05, 3.63) is 59.7 Å². The van der Waals surface area contributed by atoms with E-state index in [0.717, 1.165) is 42.0 Å². The maximum absolute atomic E-state index is 13.3. The molecule has 0 bridgehead atoms. The number of nitrogens with zero attached hydrogens (tertiary/aromatic N) is 2. The first-order valence-electron chi connectivity index (χ1n) is 11.0. The first kappa shape index (κ1) is 24.5. The Bertz CT molecular complexity index is 1130. The fourth-order valence-electron chi connectivity index (χ4n) is 4.06. The smallest absolute Gasteiger partial charge is 0.417 e. The van der Waals surface area contributed by atoms with Crippen molar-refractivity contribution < 1.29 is 35.9 Å². The lowest BCUT2D eigenvalue weighted by Crippen LogP contribution is -2.50. The molecule has 184 valence electrons. The summed E-state index contributed by atoms with van der Waals surface area (Å²) < 4.78 is 78.1. The Morgan fingerprint density at radius 1 is 1.06 bits per heavy atom. The molecule has 2 heterocycles. The number of sulfonamides is 1. The third-order valence-electron chi connectivity index (χ3n) is 5.88. The number of halogens is 3. The van der Waals surface area contributed by atoms with Gasteiger partial charge in [0.1, 0.15) is 12.4 Å². The molecule has 2 aromatic carbocycles. The third kappa shape index (κ3) is 5.37. The highest BCUT2D eigenvalue weighted by atomic mass is 32.2. The molecule has 2 saturated heterocycles. The van der Waals surface area contributed by atoms with E-state index in [1.165, 1.54) is 11.0 Å². The van der Waals surface area contributed by atoms with Crippen LogP contribution >= 0.6 is 0 Å². The highest BCUT2D eigenvalue weighted by molar-refractivity contribution is 7.89. The number of amides is 1. The molecule has 11 heteroatoms. The summed E-state index contributed by atoms with van der Waals surface area (Å²) in [4.78, 5) is 13.7. The largest absolute Gasteiger partial charge is 0.491 e. The molecule has 2 aliphatic rings. The Morgan fingerprint density at radius 3 is 2.47 bits per heavy atom. The van der Waals surface area contributed by atoms with E-state index in [0.29, 0.717) is 17.9 Å². The molecule has 34 heavy (non-hydrogen) atoms. The second kappa shape index (κ2) is 9.93. The van der Waals surface area contributed by atoms with Gasteiger partial charge in [0.15, 0.2) is 0 Å². The Morgan fingerprint density at radius 2 is 1.79 bits per heavy atom. The van der Waals surface area contributed by atoms with Crippen molar-refractivity contribution in [3.8, 4) is 5.75 Å². The van der Waals surface area contributed by atoms with E-state index >= 15 is 0 Å². The summed E-state index contributed by atoms with van der Waals surface area (Å²) in [6.45, 7) is 1.04. The molecule has 0 spiro atoms. The van der Waals surface area contributed by atoms with Crippen molar-refractivity contribution in [3.63, 3.8) is 0 Å². The van der Waals surface area contributed by atoms with Gasteiger partial charge in [0, 0.05) is 38.3 Å². The van der Waals surface area contributed by atoms with Crippen molar-refractivity contribution >= 4 is 15.9 Å². The maximum atomic E-state index is 13.3. The van der Waals surface area contributed by atoms with E-state index in [1.807, 2.05) is 0 Å². The van der Waals surface area contributed by atoms with Crippen molar-refractivity contribution in [2.75, 3.05) is 39.4 Å². The molecule has 1 atom stereocenters. The predicted octanol–water partition coefficient (Wildman–Crippen LogP) is 3.41. The summed E-state index contributed by atoms with van der Waals surface area (Å²) in [5.74, 6) is 0.238. The number of hydrogen-bond donors (Lipinski definition) is 0. The van der Waals surface area contributed by atoms with Crippen LogP contribution in [-0.2, 0) is 20.9 Å². The zero-order valence-electron chi connectivity index (χ0n) is 18.3. The fraction of sp³-hybridized carbons (Fsp3) is 0.435. The second-order valence-electron chi connectivity index (χ2n) is 8.16. The number of alkyl halides is 3. The molecule has 0 N–H and O–H groups in total. The molecule has 0 radical (unpaired) electrons. The van der Waals surface area contributed by atoms with Crippen LogP contribution in [0.5, 0.6) is 5.75 Å². The van der Waals surface area contributed by atoms with Gasteiger partial charge in [0.05, 0.1) is 16.6 Å². The summed E-state index contributed by atoms with van der Waals surface area (Å²) in [5.41, 5.74) is -0.808. The summed E-state index contributed by atoms with van der Waals surface area (Å²) >= 11 is 0. The Balaban J connectivity index is 1.40. The van der Waals surface area contributed by atoms with E-state index in [4.69, 9.17) is 9.47 Å². The number of carbonyl (C=O) groups excluding carboxylic acids is 1. The molecular formula is C23H25F3N2O5S. The predicted molar refractivity (Wildman–Crippen MR) is 117 cm³/mol. The van der Waals surface area contributed by atoms with E-state index in [-0.39, 0.29) is 38.2 Å². The van der Waals surface area contributed by atoms with E-state index in [1.54, 1.807) is 24.3 Å². The molecule has 2 fully saturated rings. The quantitative estimate of drug-likeness (QED) is 0.610. The minimum atomic E-state index is -4.79. The summed E-state index contributed by atoms with van der Waals surface area (Å²) in [6, 6.07) is 10.8. The minimum absolute atomic E-state index is 0.0388. The number of carbonyl (C=O) groups is 1. The number of benzene rings is 2. The van der Waals surface area contributed by atoms with E-state index in [2.05, 4.69) is 0 Å². The molecule has 0 unspecified atom stereocenters. The standard InChI is InChI=1S/C23H25F3N2O5S/c24-23(25,26)20-8-1-2-9-21(20)34(30,31)28-12-10-27(11-13-28)22(29)17-5-3-6-18(15-17)33-16-19-7-4-14-32-19/h1-3,5-6,8-9,15,19H,4,7,10-14,16H2/t19-/m1/s1. The van der Waals surface area contributed by atoms with E-state index < -0.39 is 26.7 Å². The molecule has 0 aromatic heterocycles. The monoisotopic (exact) mass is 498 g/mol. The van der Waals surface area contributed by atoms with Gasteiger partial charge in [-0.1, -0.05) is 18.2 Å². The van der Waals surface area contributed by atoms with Crippen LogP contribution < -0.4 is 4.74 Å². The maximum Gasteiger partial charge on any atom is 0.417 e. The first-order valence-corrected chi connectivity index (χ1v) is 12.4. The summed E-state index contributed by atoms with van der Waals surface area (Å²) in [5, 5.41) is 0. The zero-order chi connectivity index (χ0) is 24.3. The Kier molecular flexibility index (Phi) is 7.15. The normalized spacial score (nSPS) is 19.9. The van der Waals surface area contributed by atoms with Gasteiger partial charge in [0.2, 0.25) is 10.0 Å². The average molecular weight is 499 g/mol. The lowest BCUT2D eigenvalue weighted by molar-refractivity contribution is -0.139. The van der Waals surface area contributed by atoms with Gasteiger partial charge in [0.25, 0.3) is 5.91 Å². The number of hydrogen-bond acceptors (Lipinski definition) is 5. The topological polar surface area (TPSA) is 76.2 Å². The number of piperazine rings is 1. The lowest BCUT2D eigenvalue weighted by atomic mass is 10.1. The molecular weight excluding hydrogens is 473 g/mol. The van der Waals surface area contributed by atoms with Gasteiger partial charge in [-0.25, -0.2) is 8.42 Å². The Hall–Kier alpha value is -2.63. The van der Waals surface area contributed by atoms with Crippen molar-refractivity contribution in [2.45, 2.75) is 30.0 Å².